The number of carboxylic acids is 1. The summed E-state index contributed by atoms with van der Waals surface area (Å²) in [6.45, 7) is 5.32. The monoisotopic (exact) mass is 307 g/mol. The molecule has 0 heterocycles. The summed E-state index contributed by atoms with van der Waals surface area (Å²) in [6.07, 6.45) is 0. The minimum Gasteiger partial charge on any atom is -0.480 e. The Kier molecular flexibility index (Phi) is 9.83. The standard InChI is InChI=1S/C12H21NO6S/c1-4-18-10(14)7-20-6-9(12(17)19-5-2)13-8(3)11(15)16/h8-9,13H,4-7H2,1-3H3,(H,15,16)/t8-,9?/m0/s1. The average Bonchev–Trinajstić information content (AvgIpc) is 2.37. The third kappa shape index (κ3) is 8.00. The summed E-state index contributed by atoms with van der Waals surface area (Å²) in [5.41, 5.74) is 0. The second kappa shape index (κ2) is 10.5. The Morgan fingerprint density at radius 1 is 1.20 bits per heavy atom. The number of nitrogens with one attached hydrogen (secondary N) is 1. The molecule has 2 atom stereocenters. The van der Waals surface area contributed by atoms with Gasteiger partial charge in [0.05, 0.1) is 19.0 Å². The first kappa shape index (κ1) is 18.7. The van der Waals surface area contributed by atoms with E-state index in [0.29, 0.717) is 6.61 Å². The Morgan fingerprint density at radius 2 is 1.80 bits per heavy atom. The van der Waals surface area contributed by atoms with Gasteiger partial charge < -0.3 is 14.6 Å². The first-order valence-electron chi connectivity index (χ1n) is 6.31. The zero-order valence-corrected chi connectivity index (χ0v) is 12.7. The van der Waals surface area contributed by atoms with Crippen molar-refractivity contribution in [3.05, 3.63) is 0 Å². The van der Waals surface area contributed by atoms with Crippen LogP contribution in [0.2, 0.25) is 0 Å². The summed E-state index contributed by atoms with van der Waals surface area (Å²) in [4.78, 5) is 33.7. The first-order chi connectivity index (χ1) is 9.42. The van der Waals surface area contributed by atoms with Crippen molar-refractivity contribution in [2.75, 3.05) is 24.7 Å². The van der Waals surface area contributed by atoms with Crippen LogP contribution < -0.4 is 5.32 Å². The molecule has 0 fully saturated rings. The van der Waals surface area contributed by atoms with Gasteiger partial charge in [-0.2, -0.15) is 0 Å². The number of esters is 2. The predicted molar refractivity (Wildman–Crippen MR) is 74.6 cm³/mol. The van der Waals surface area contributed by atoms with E-state index in [1.165, 1.54) is 18.7 Å². The van der Waals surface area contributed by atoms with Gasteiger partial charge in [0.15, 0.2) is 0 Å². The lowest BCUT2D eigenvalue weighted by molar-refractivity contribution is -0.146. The Balaban J connectivity index is 4.35. The molecule has 8 heteroatoms. The minimum atomic E-state index is -1.06. The molecule has 0 radical (unpaired) electrons. The molecular formula is C12H21NO6S. The number of carbonyl (C=O) groups excluding carboxylic acids is 2. The summed E-state index contributed by atoms with van der Waals surface area (Å²) >= 11 is 1.19. The van der Waals surface area contributed by atoms with Gasteiger partial charge in [0.2, 0.25) is 0 Å². The highest BCUT2D eigenvalue weighted by Crippen LogP contribution is 2.06. The molecule has 0 aromatic carbocycles. The molecule has 0 saturated carbocycles. The predicted octanol–water partition coefficient (Wildman–Crippen LogP) is 0.277. The van der Waals surface area contributed by atoms with Crippen molar-refractivity contribution in [1.29, 1.82) is 0 Å². The third-order valence-electron chi connectivity index (χ3n) is 2.20. The van der Waals surface area contributed by atoms with Crippen LogP contribution in [-0.4, -0.2) is 59.8 Å². The molecule has 0 spiro atoms. The van der Waals surface area contributed by atoms with E-state index in [9.17, 15) is 14.4 Å². The number of ether oxygens (including phenoxy) is 2. The average molecular weight is 307 g/mol. The van der Waals surface area contributed by atoms with Crippen molar-refractivity contribution in [2.45, 2.75) is 32.9 Å². The molecule has 0 aromatic rings. The Morgan fingerprint density at radius 3 is 2.30 bits per heavy atom. The van der Waals surface area contributed by atoms with Crippen LogP contribution in [0, 0.1) is 0 Å². The Labute approximate surface area is 122 Å². The fraction of sp³-hybridized carbons (Fsp3) is 0.750. The smallest absolute Gasteiger partial charge is 0.324 e. The van der Waals surface area contributed by atoms with Gasteiger partial charge in [-0.3, -0.25) is 19.7 Å². The summed E-state index contributed by atoms with van der Waals surface area (Å²) in [5.74, 6) is -1.62. The van der Waals surface area contributed by atoms with E-state index in [0.717, 1.165) is 0 Å². The van der Waals surface area contributed by atoms with Crippen LogP contribution >= 0.6 is 11.8 Å². The SMILES string of the molecule is CCOC(=O)CSCC(N[C@@H](C)C(=O)O)C(=O)OCC. The van der Waals surface area contributed by atoms with Crippen molar-refractivity contribution in [3.63, 3.8) is 0 Å². The highest BCUT2D eigenvalue weighted by Gasteiger charge is 2.24. The van der Waals surface area contributed by atoms with Gasteiger partial charge in [-0.05, 0) is 20.8 Å². The molecule has 2 N–H and O–H groups in total. The van der Waals surface area contributed by atoms with Crippen molar-refractivity contribution < 1.29 is 29.0 Å². The summed E-state index contributed by atoms with van der Waals surface area (Å²) < 4.78 is 9.63. The van der Waals surface area contributed by atoms with Crippen molar-refractivity contribution in [1.82, 2.24) is 5.32 Å². The largest absolute Gasteiger partial charge is 0.480 e. The number of thioether (sulfide) groups is 1. The molecule has 0 amide bonds. The number of hydrogen-bond donors (Lipinski definition) is 2. The van der Waals surface area contributed by atoms with Gasteiger partial charge in [0, 0.05) is 5.75 Å². The molecule has 0 aromatic heterocycles. The van der Waals surface area contributed by atoms with Crippen LogP contribution in [0.4, 0.5) is 0 Å². The van der Waals surface area contributed by atoms with E-state index < -0.39 is 24.0 Å². The molecule has 0 aliphatic rings. The molecule has 0 saturated heterocycles. The maximum absolute atomic E-state index is 11.7. The highest BCUT2D eigenvalue weighted by molar-refractivity contribution is 8.00. The van der Waals surface area contributed by atoms with Crippen molar-refractivity contribution in [3.8, 4) is 0 Å². The van der Waals surface area contributed by atoms with Crippen molar-refractivity contribution in [2.24, 2.45) is 0 Å². The topological polar surface area (TPSA) is 102 Å². The lowest BCUT2D eigenvalue weighted by atomic mass is 10.2. The first-order valence-corrected chi connectivity index (χ1v) is 7.46. The molecule has 7 nitrogen and oxygen atoms in total. The van der Waals surface area contributed by atoms with Crippen molar-refractivity contribution >= 4 is 29.7 Å². The highest BCUT2D eigenvalue weighted by atomic mass is 32.2. The van der Waals surface area contributed by atoms with Crippen LogP contribution in [0.3, 0.4) is 0 Å². The molecule has 0 bridgehead atoms. The van der Waals surface area contributed by atoms with Crippen LogP contribution in [0.25, 0.3) is 0 Å². The van der Waals surface area contributed by atoms with E-state index in [4.69, 9.17) is 14.6 Å². The second-order valence-corrected chi connectivity index (χ2v) is 4.88. The van der Waals surface area contributed by atoms with Gasteiger partial charge >= 0.3 is 17.9 Å². The van der Waals surface area contributed by atoms with Crippen LogP contribution in [0.5, 0.6) is 0 Å². The summed E-state index contributed by atoms with van der Waals surface area (Å²) in [6, 6.07) is -1.66. The third-order valence-corrected chi connectivity index (χ3v) is 3.21. The summed E-state index contributed by atoms with van der Waals surface area (Å²) in [5, 5.41) is 11.5. The van der Waals surface area contributed by atoms with Crippen LogP contribution in [-0.2, 0) is 23.9 Å². The lowest BCUT2D eigenvalue weighted by Crippen LogP contribution is -2.47. The number of carboxylic acid groups (broad SMARTS) is 1. The second-order valence-electron chi connectivity index (χ2n) is 3.85. The van der Waals surface area contributed by atoms with E-state index >= 15 is 0 Å². The number of aliphatic carboxylic acids is 1. The zero-order valence-electron chi connectivity index (χ0n) is 11.9. The molecule has 0 aliphatic carbocycles. The fourth-order valence-corrected chi connectivity index (χ4v) is 2.10. The minimum absolute atomic E-state index is 0.104. The van der Waals surface area contributed by atoms with E-state index in [-0.39, 0.29) is 24.1 Å². The fourth-order valence-electron chi connectivity index (χ4n) is 1.26. The molecular weight excluding hydrogens is 286 g/mol. The van der Waals surface area contributed by atoms with E-state index in [1.807, 2.05) is 0 Å². The number of rotatable bonds is 10. The Bertz CT molecular complexity index is 336. The van der Waals surface area contributed by atoms with E-state index in [1.54, 1.807) is 13.8 Å². The van der Waals surface area contributed by atoms with Crippen LogP contribution in [0.1, 0.15) is 20.8 Å². The lowest BCUT2D eigenvalue weighted by Gasteiger charge is -2.19. The molecule has 0 rings (SSSR count). The van der Waals surface area contributed by atoms with Crippen LogP contribution in [0.15, 0.2) is 0 Å². The van der Waals surface area contributed by atoms with Gasteiger partial charge in [-0.1, -0.05) is 0 Å². The number of hydrogen-bond acceptors (Lipinski definition) is 7. The van der Waals surface area contributed by atoms with Gasteiger partial charge in [0.25, 0.3) is 0 Å². The van der Waals surface area contributed by atoms with Gasteiger partial charge in [-0.15, -0.1) is 11.8 Å². The number of carbonyl (C=O) groups is 3. The van der Waals surface area contributed by atoms with E-state index in [2.05, 4.69) is 5.32 Å². The maximum Gasteiger partial charge on any atom is 0.324 e. The zero-order chi connectivity index (χ0) is 15.5. The normalized spacial score (nSPS) is 13.3. The van der Waals surface area contributed by atoms with Gasteiger partial charge in [-0.25, -0.2) is 0 Å². The van der Waals surface area contributed by atoms with Gasteiger partial charge in [0.1, 0.15) is 12.1 Å². The molecule has 0 aliphatic heterocycles. The molecule has 20 heavy (non-hydrogen) atoms. The maximum atomic E-state index is 11.7. The quantitative estimate of drug-likeness (QED) is 0.555. The summed E-state index contributed by atoms with van der Waals surface area (Å²) in [7, 11) is 0. The Hall–Kier alpha value is -1.28. The molecule has 1 unspecified atom stereocenters. The molecule has 116 valence electrons.